The highest BCUT2D eigenvalue weighted by Gasteiger charge is 2.30. The molecule has 1 aromatic heterocycles. The number of nitrogens with zero attached hydrogens (tertiary/aromatic N) is 1. The van der Waals surface area contributed by atoms with Gasteiger partial charge in [-0.1, -0.05) is 6.07 Å². The van der Waals surface area contributed by atoms with Crippen LogP contribution < -0.4 is 10.1 Å². The number of hydrogen-bond acceptors (Lipinski definition) is 3. The van der Waals surface area contributed by atoms with Crippen LogP contribution in [0.15, 0.2) is 18.2 Å². The van der Waals surface area contributed by atoms with E-state index < -0.39 is 0 Å². The SMILES string of the molecule is CNCC1CC(Oc2cccc(C)n2)C1. The Hall–Kier alpha value is -1.09. The van der Waals surface area contributed by atoms with Gasteiger partial charge in [-0.15, -0.1) is 0 Å². The predicted molar refractivity (Wildman–Crippen MR) is 60.0 cm³/mol. The van der Waals surface area contributed by atoms with E-state index in [1.807, 2.05) is 32.2 Å². The maximum absolute atomic E-state index is 5.77. The predicted octanol–water partition coefficient (Wildman–Crippen LogP) is 1.77. The molecule has 1 fully saturated rings. The van der Waals surface area contributed by atoms with Gasteiger partial charge < -0.3 is 10.1 Å². The molecule has 3 nitrogen and oxygen atoms in total. The molecule has 1 aromatic rings. The van der Waals surface area contributed by atoms with Gasteiger partial charge >= 0.3 is 0 Å². The number of rotatable bonds is 4. The Kier molecular flexibility index (Phi) is 3.21. The van der Waals surface area contributed by atoms with Crippen LogP contribution in [0.2, 0.25) is 0 Å². The van der Waals surface area contributed by atoms with Crippen LogP contribution in [0, 0.1) is 12.8 Å². The first kappa shape index (κ1) is 10.4. The van der Waals surface area contributed by atoms with Gasteiger partial charge in [0.25, 0.3) is 0 Å². The van der Waals surface area contributed by atoms with E-state index in [9.17, 15) is 0 Å². The second-order valence-corrected chi connectivity index (χ2v) is 4.25. The van der Waals surface area contributed by atoms with Crippen molar-refractivity contribution in [2.45, 2.75) is 25.9 Å². The Morgan fingerprint density at radius 3 is 2.93 bits per heavy atom. The normalized spacial score (nSPS) is 24.7. The summed E-state index contributed by atoms with van der Waals surface area (Å²) in [6.45, 7) is 3.08. The molecule has 1 heterocycles. The van der Waals surface area contributed by atoms with Crippen LogP contribution in [0.1, 0.15) is 18.5 Å². The van der Waals surface area contributed by atoms with Crippen LogP contribution in [0.4, 0.5) is 0 Å². The van der Waals surface area contributed by atoms with Gasteiger partial charge in [-0.05, 0) is 45.3 Å². The number of aryl methyl sites for hydroxylation is 1. The van der Waals surface area contributed by atoms with Crippen molar-refractivity contribution in [1.29, 1.82) is 0 Å². The molecule has 1 N–H and O–H groups in total. The molecule has 1 aliphatic carbocycles. The molecule has 82 valence electrons. The number of aromatic nitrogens is 1. The monoisotopic (exact) mass is 206 g/mol. The quantitative estimate of drug-likeness (QED) is 0.815. The summed E-state index contributed by atoms with van der Waals surface area (Å²) in [7, 11) is 2.00. The number of ether oxygens (including phenoxy) is 1. The second kappa shape index (κ2) is 4.62. The highest BCUT2D eigenvalue weighted by atomic mass is 16.5. The topological polar surface area (TPSA) is 34.1 Å². The molecule has 0 radical (unpaired) electrons. The van der Waals surface area contributed by atoms with E-state index in [4.69, 9.17) is 4.74 Å². The van der Waals surface area contributed by atoms with Crippen molar-refractivity contribution in [2.75, 3.05) is 13.6 Å². The fourth-order valence-electron chi connectivity index (χ4n) is 1.98. The first-order valence-electron chi connectivity index (χ1n) is 5.53. The minimum atomic E-state index is 0.373. The zero-order valence-corrected chi connectivity index (χ0v) is 9.36. The van der Waals surface area contributed by atoms with Crippen molar-refractivity contribution in [2.24, 2.45) is 5.92 Å². The summed E-state index contributed by atoms with van der Waals surface area (Å²) in [5.74, 6) is 1.55. The van der Waals surface area contributed by atoms with E-state index >= 15 is 0 Å². The third-order valence-corrected chi connectivity index (χ3v) is 2.84. The van der Waals surface area contributed by atoms with Gasteiger partial charge in [-0.25, -0.2) is 4.98 Å². The number of nitrogens with one attached hydrogen (secondary N) is 1. The van der Waals surface area contributed by atoms with Crippen molar-refractivity contribution in [3.05, 3.63) is 23.9 Å². The molecule has 0 aliphatic heterocycles. The van der Waals surface area contributed by atoms with E-state index in [2.05, 4.69) is 10.3 Å². The Balaban J connectivity index is 1.80. The summed E-state index contributed by atoms with van der Waals surface area (Å²) in [5.41, 5.74) is 1.01. The van der Waals surface area contributed by atoms with Crippen LogP contribution in [0.25, 0.3) is 0 Å². The van der Waals surface area contributed by atoms with Crippen LogP contribution in [0.3, 0.4) is 0 Å². The Morgan fingerprint density at radius 1 is 1.47 bits per heavy atom. The lowest BCUT2D eigenvalue weighted by Crippen LogP contribution is -2.38. The van der Waals surface area contributed by atoms with E-state index in [0.29, 0.717) is 6.10 Å². The third kappa shape index (κ3) is 2.69. The summed E-state index contributed by atoms with van der Waals surface area (Å²) in [5, 5.41) is 3.19. The zero-order chi connectivity index (χ0) is 10.7. The van der Waals surface area contributed by atoms with Crippen molar-refractivity contribution in [1.82, 2.24) is 10.3 Å². The van der Waals surface area contributed by atoms with Crippen LogP contribution in [-0.2, 0) is 0 Å². The summed E-state index contributed by atoms with van der Waals surface area (Å²) in [6.07, 6.45) is 2.67. The lowest BCUT2D eigenvalue weighted by Gasteiger charge is -2.34. The first-order valence-corrected chi connectivity index (χ1v) is 5.53. The molecule has 15 heavy (non-hydrogen) atoms. The molecule has 1 saturated carbocycles. The molecule has 2 rings (SSSR count). The van der Waals surface area contributed by atoms with Crippen LogP contribution in [0.5, 0.6) is 5.88 Å². The molecule has 3 heteroatoms. The van der Waals surface area contributed by atoms with Crippen molar-refractivity contribution >= 4 is 0 Å². The first-order chi connectivity index (χ1) is 7.28. The Morgan fingerprint density at radius 2 is 2.27 bits per heavy atom. The molecular formula is C12H18N2O. The average Bonchev–Trinajstić information content (AvgIpc) is 2.15. The number of hydrogen-bond donors (Lipinski definition) is 1. The standard InChI is InChI=1S/C12H18N2O/c1-9-4-3-5-12(14-9)15-11-6-10(7-11)8-13-2/h3-5,10-11,13H,6-8H2,1-2H3. The van der Waals surface area contributed by atoms with Crippen LogP contribution in [-0.4, -0.2) is 24.7 Å². The molecule has 0 atom stereocenters. The van der Waals surface area contributed by atoms with E-state index in [0.717, 1.165) is 36.9 Å². The Labute approximate surface area is 90.9 Å². The minimum Gasteiger partial charge on any atom is -0.474 e. The summed E-state index contributed by atoms with van der Waals surface area (Å²) in [6, 6.07) is 5.90. The van der Waals surface area contributed by atoms with Crippen molar-refractivity contribution in [3.8, 4) is 5.88 Å². The molecule has 0 spiro atoms. The van der Waals surface area contributed by atoms with E-state index in [1.54, 1.807) is 0 Å². The molecular weight excluding hydrogens is 188 g/mol. The smallest absolute Gasteiger partial charge is 0.213 e. The van der Waals surface area contributed by atoms with Gasteiger partial charge in [0, 0.05) is 11.8 Å². The van der Waals surface area contributed by atoms with Gasteiger partial charge in [0.1, 0.15) is 6.10 Å². The molecule has 0 saturated heterocycles. The molecule has 0 bridgehead atoms. The molecule has 0 amide bonds. The molecule has 1 aliphatic rings. The van der Waals surface area contributed by atoms with Crippen molar-refractivity contribution in [3.63, 3.8) is 0 Å². The maximum atomic E-state index is 5.77. The zero-order valence-electron chi connectivity index (χ0n) is 9.36. The van der Waals surface area contributed by atoms with Gasteiger partial charge in [0.05, 0.1) is 0 Å². The lowest BCUT2D eigenvalue weighted by molar-refractivity contribution is 0.0616. The highest BCUT2D eigenvalue weighted by molar-refractivity contribution is 5.15. The van der Waals surface area contributed by atoms with Crippen LogP contribution >= 0.6 is 0 Å². The minimum absolute atomic E-state index is 0.373. The summed E-state index contributed by atoms with van der Waals surface area (Å²) >= 11 is 0. The lowest BCUT2D eigenvalue weighted by atomic mass is 9.82. The average molecular weight is 206 g/mol. The van der Waals surface area contributed by atoms with Gasteiger partial charge in [-0.2, -0.15) is 0 Å². The largest absolute Gasteiger partial charge is 0.474 e. The maximum Gasteiger partial charge on any atom is 0.213 e. The van der Waals surface area contributed by atoms with Gasteiger partial charge in [0.15, 0.2) is 0 Å². The van der Waals surface area contributed by atoms with E-state index in [1.165, 1.54) is 0 Å². The summed E-state index contributed by atoms with van der Waals surface area (Å²) in [4.78, 5) is 4.33. The third-order valence-electron chi connectivity index (χ3n) is 2.84. The highest BCUT2D eigenvalue weighted by Crippen LogP contribution is 2.30. The number of pyridine rings is 1. The fourth-order valence-corrected chi connectivity index (χ4v) is 1.98. The molecule has 0 unspecified atom stereocenters. The van der Waals surface area contributed by atoms with Gasteiger partial charge in [0.2, 0.25) is 5.88 Å². The fraction of sp³-hybridized carbons (Fsp3) is 0.583. The summed E-state index contributed by atoms with van der Waals surface area (Å²) < 4.78 is 5.77. The molecule has 0 aromatic carbocycles. The second-order valence-electron chi connectivity index (χ2n) is 4.25. The van der Waals surface area contributed by atoms with E-state index in [-0.39, 0.29) is 0 Å². The Bertz CT molecular complexity index is 321. The van der Waals surface area contributed by atoms with Gasteiger partial charge in [-0.3, -0.25) is 0 Å². The van der Waals surface area contributed by atoms with Crippen molar-refractivity contribution < 1.29 is 4.74 Å².